The number of hydrogen-bond donors (Lipinski definition) is 1. The number of carbonyl (C=O) groups excluding carboxylic acids is 3. The third-order valence-corrected chi connectivity index (χ3v) is 6.60. The van der Waals surface area contributed by atoms with Gasteiger partial charge in [0.15, 0.2) is 0 Å². The number of rotatable bonds is 4. The second-order valence-electron chi connectivity index (χ2n) is 7.36. The molecule has 8 heteroatoms. The Bertz CT molecular complexity index is 714. The summed E-state index contributed by atoms with van der Waals surface area (Å²) < 4.78 is 0. The molecule has 2 atom stereocenters. The van der Waals surface area contributed by atoms with Crippen LogP contribution in [0.4, 0.5) is 5.13 Å². The molecule has 3 rings (SSSR count). The quantitative estimate of drug-likeness (QED) is 0.838. The monoisotopic (exact) mass is 350 g/mol. The van der Waals surface area contributed by atoms with Crippen molar-refractivity contribution in [3.63, 3.8) is 0 Å². The van der Waals surface area contributed by atoms with E-state index in [0.29, 0.717) is 5.13 Å². The second kappa shape index (κ2) is 5.61. The van der Waals surface area contributed by atoms with Crippen LogP contribution in [-0.2, 0) is 14.4 Å². The fourth-order valence-corrected chi connectivity index (χ4v) is 4.46. The first-order valence-electron chi connectivity index (χ1n) is 8.12. The Balaban J connectivity index is 1.66. The summed E-state index contributed by atoms with van der Waals surface area (Å²) in [6.07, 6.45) is 1.53. The number of piperidine rings is 1. The van der Waals surface area contributed by atoms with E-state index in [9.17, 15) is 14.4 Å². The van der Waals surface area contributed by atoms with E-state index in [4.69, 9.17) is 0 Å². The van der Waals surface area contributed by atoms with Gasteiger partial charge in [0, 0.05) is 18.9 Å². The highest BCUT2D eigenvalue weighted by atomic mass is 32.1. The molecule has 2 bridgehead atoms. The van der Waals surface area contributed by atoms with Gasteiger partial charge in [-0.05, 0) is 25.2 Å². The van der Waals surface area contributed by atoms with Crippen molar-refractivity contribution in [2.45, 2.75) is 47.0 Å². The van der Waals surface area contributed by atoms with Gasteiger partial charge < -0.3 is 5.32 Å². The molecule has 2 aliphatic rings. The number of fused-ring (bicyclic) bond motifs is 2. The molecule has 1 aliphatic carbocycles. The molecule has 0 radical (unpaired) electrons. The fraction of sp³-hybridized carbons (Fsp3) is 0.688. The standard InChI is InChI=1S/C16H22N4O3S/c1-9-18-19-14(24-9)17-11(21)6-8-20-12(22)10-5-7-16(4,13(20)23)15(10,2)3/h10H,5-8H2,1-4H3,(H,17,19,21). The molecule has 130 valence electrons. The normalized spacial score (nSPS) is 28.3. The van der Waals surface area contributed by atoms with E-state index in [1.165, 1.54) is 16.2 Å². The maximum absolute atomic E-state index is 12.9. The highest BCUT2D eigenvalue weighted by Gasteiger charge is 2.64. The molecule has 7 nitrogen and oxygen atoms in total. The lowest BCUT2D eigenvalue weighted by Crippen LogP contribution is -2.59. The van der Waals surface area contributed by atoms with Crippen molar-refractivity contribution < 1.29 is 14.4 Å². The SMILES string of the molecule is Cc1nnc(NC(=O)CCN2C(=O)C3CCC(C)(C2=O)C3(C)C)s1. The molecule has 1 aromatic heterocycles. The van der Waals surface area contributed by atoms with Crippen LogP contribution in [0.3, 0.4) is 0 Å². The zero-order valence-electron chi connectivity index (χ0n) is 14.4. The van der Waals surface area contributed by atoms with Crippen LogP contribution in [0, 0.1) is 23.7 Å². The zero-order valence-corrected chi connectivity index (χ0v) is 15.2. The van der Waals surface area contributed by atoms with E-state index in [0.717, 1.165) is 17.8 Å². The largest absolute Gasteiger partial charge is 0.300 e. The second-order valence-corrected chi connectivity index (χ2v) is 8.55. The molecule has 1 saturated carbocycles. The van der Waals surface area contributed by atoms with Crippen LogP contribution >= 0.6 is 11.3 Å². The summed E-state index contributed by atoms with van der Waals surface area (Å²) in [5.41, 5.74) is -0.859. The molecule has 1 N–H and O–H groups in total. The molecule has 0 spiro atoms. The number of hydrogen-bond acceptors (Lipinski definition) is 6. The molecule has 2 fully saturated rings. The van der Waals surface area contributed by atoms with Gasteiger partial charge in [-0.25, -0.2) is 0 Å². The number of nitrogens with zero attached hydrogens (tertiary/aromatic N) is 3. The van der Waals surface area contributed by atoms with Crippen LogP contribution in [0.1, 0.15) is 45.0 Å². The van der Waals surface area contributed by atoms with Gasteiger partial charge in [0.1, 0.15) is 5.01 Å². The highest BCUT2D eigenvalue weighted by molar-refractivity contribution is 7.15. The highest BCUT2D eigenvalue weighted by Crippen LogP contribution is 2.59. The lowest BCUT2D eigenvalue weighted by Gasteiger charge is -2.47. The number of anilines is 1. The Kier molecular flexibility index (Phi) is 3.98. The van der Waals surface area contributed by atoms with Gasteiger partial charge in [-0.2, -0.15) is 0 Å². The van der Waals surface area contributed by atoms with Crippen LogP contribution in [0.25, 0.3) is 0 Å². The van der Waals surface area contributed by atoms with E-state index >= 15 is 0 Å². The number of amides is 3. The van der Waals surface area contributed by atoms with Crippen molar-refractivity contribution in [2.24, 2.45) is 16.7 Å². The summed E-state index contributed by atoms with van der Waals surface area (Å²) in [4.78, 5) is 38.9. The Hall–Kier alpha value is -1.83. The average Bonchev–Trinajstić information content (AvgIpc) is 2.97. The Labute approximate surface area is 144 Å². The van der Waals surface area contributed by atoms with E-state index in [2.05, 4.69) is 15.5 Å². The predicted molar refractivity (Wildman–Crippen MR) is 89.2 cm³/mol. The van der Waals surface area contributed by atoms with Crippen molar-refractivity contribution in [3.05, 3.63) is 5.01 Å². The number of carbonyl (C=O) groups is 3. The number of imide groups is 1. The smallest absolute Gasteiger partial charge is 0.235 e. The number of aromatic nitrogens is 2. The van der Waals surface area contributed by atoms with Gasteiger partial charge in [-0.1, -0.05) is 32.1 Å². The predicted octanol–water partition coefficient (Wildman–Crippen LogP) is 1.99. The van der Waals surface area contributed by atoms with Crippen molar-refractivity contribution in [3.8, 4) is 0 Å². The summed E-state index contributed by atoms with van der Waals surface area (Å²) in [6, 6.07) is 0. The lowest BCUT2D eigenvalue weighted by atomic mass is 9.62. The molecule has 2 heterocycles. The minimum atomic E-state index is -0.529. The molecule has 24 heavy (non-hydrogen) atoms. The Morgan fingerprint density at radius 3 is 2.67 bits per heavy atom. The van der Waals surface area contributed by atoms with E-state index in [1.807, 2.05) is 20.8 Å². The lowest BCUT2D eigenvalue weighted by molar-refractivity contribution is -0.167. The molecule has 3 amide bonds. The third kappa shape index (κ3) is 2.44. The first-order chi connectivity index (χ1) is 11.2. The first kappa shape index (κ1) is 17.0. The fourth-order valence-electron chi connectivity index (χ4n) is 3.86. The maximum atomic E-state index is 12.9. The number of aryl methyl sites for hydroxylation is 1. The van der Waals surface area contributed by atoms with Gasteiger partial charge in [-0.3, -0.25) is 19.3 Å². The van der Waals surface area contributed by atoms with Crippen LogP contribution in [0.2, 0.25) is 0 Å². The van der Waals surface area contributed by atoms with Crippen LogP contribution in [0.5, 0.6) is 0 Å². The molecule has 1 aliphatic heterocycles. The van der Waals surface area contributed by atoms with E-state index < -0.39 is 5.41 Å². The molecular formula is C16H22N4O3S. The van der Waals surface area contributed by atoms with Crippen LogP contribution in [0.15, 0.2) is 0 Å². The summed E-state index contributed by atoms with van der Waals surface area (Å²) in [7, 11) is 0. The average molecular weight is 350 g/mol. The summed E-state index contributed by atoms with van der Waals surface area (Å²) in [5.74, 6) is -0.700. The van der Waals surface area contributed by atoms with Gasteiger partial charge in [-0.15, -0.1) is 10.2 Å². The first-order valence-corrected chi connectivity index (χ1v) is 8.94. The van der Waals surface area contributed by atoms with E-state index in [-0.39, 0.29) is 42.0 Å². The van der Waals surface area contributed by atoms with Gasteiger partial charge in [0.25, 0.3) is 0 Å². The van der Waals surface area contributed by atoms with Crippen molar-refractivity contribution >= 4 is 34.2 Å². The number of nitrogens with one attached hydrogen (secondary N) is 1. The van der Waals surface area contributed by atoms with Crippen LogP contribution < -0.4 is 5.32 Å². The number of likely N-dealkylation sites (tertiary alicyclic amines) is 1. The van der Waals surface area contributed by atoms with Gasteiger partial charge in [0.2, 0.25) is 22.9 Å². The zero-order chi connectivity index (χ0) is 17.7. The molecule has 1 aromatic rings. The minimum Gasteiger partial charge on any atom is -0.300 e. The van der Waals surface area contributed by atoms with Crippen molar-refractivity contribution in [1.29, 1.82) is 0 Å². The topological polar surface area (TPSA) is 92.3 Å². The Morgan fingerprint density at radius 1 is 1.33 bits per heavy atom. The Morgan fingerprint density at radius 2 is 2.04 bits per heavy atom. The summed E-state index contributed by atoms with van der Waals surface area (Å²) in [5, 5.41) is 11.5. The minimum absolute atomic E-state index is 0.0688. The van der Waals surface area contributed by atoms with E-state index in [1.54, 1.807) is 6.92 Å². The summed E-state index contributed by atoms with van der Waals surface area (Å²) >= 11 is 1.29. The van der Waals surface area contributed by atoms with Crippen molar-refractivity contribution in [1.82, 2.24) is 15.1 Å². The maximum Gasteiger partial charge on any atom is 0.235 e. The summed E-state index contributed by atoms with van der Waals surface area (Å²) in [6.45, 7) is 7.86. The molecule has 0 aromatic carbocycles. The van der Waals surface area contributed by atoms with Gasteiger partial charge in [0.05, 0.1) is 5.41 Å². The van der Waals surface area contributed by atoms with Gasteiger partial charge >= 0.3 is 0 Å². The van der Waals surface area contributed by atoms with Crippen molar-refractivity contribution in [2.75, 3.05) is 11.9 Å². The molecular weight excluding hydrogens is 328 g/mol. The molecule has 2 unspecified atom stereocenters. The van der Waals surface area contributed by atoms with Crippen LogP contribution in [-0.4, -0.2) is 39.4 Å². The molecule has 1 saturated heterocycles. The third-order valence-electron chi connectivity index (χ3n) is 5.84.